The van der Waals surface area contributed by atoms with Crippen LogP contribution in [0.25, 0.3) is 0 Å². The summed E-state index contributed by atoms with van der Waals surface area (Å²) in [6.07, 6.45) is 2.77. The van der Waals surface area contributed by atoms with Crippen molar-refractivity contribution in [3.05, 3.63) is 0 Å². The molecule has 0 radical (unpaired) electrons. The molecule has 0 amide bonds. The van der Waals surface area contributed by atoms with Gasteiger partial charge in [-0.25, -0.2) is 0 Å². The summed E-state index contributed by atoms with van der Waals surface area (Å²) in [6.45, 7) is 2.25. The molecule has 0 spiro atoms. The molecule has 50 valence electrons. The summed E-state index contributed by atoms with van der Waals surface area (Å²) in [7, 11) is 0. The molecular weight excluding hydrogens is 457 g/mol. The van der Waals surface area contributed by atoms with Crippen LogP contribution in [0.3, 0.4) is 0 Å². The van der Waals surface area contributed by atoms with Gasteiger partial charge in [0.05, 0.1) is 0 Å². The Kier molecular flexibility index (Phi) is 6.65. The standard InChI is InChI=1S/C4H9I3Si/c1-2-3-4-8(5,6)7/h2-4H2,1H3. The average Bonchev–Trinajstić information content (AvgIpc) is 1.59. The second kappa shape index (κ2) is 5.11. The summed E-state index contributed by atoms with van der Waals surface area (Å²) in [5.41, 5.74) is 0. The molecule has 0 unspecified atom stereocenters. The molecule has 0 N–H and O–H groups in total. The van der Waals surface area contributed by atoms with E-state index in [1.54, 1.807) is 0 Å². The van der Waals surface area contributed by atoms with E-state index < -0.39 is 0.564 Å². The Hall–Kier alpha value is 2.41. The number of hydrogen-bond donors (Lipinski definition) is 0. The van der Waals surface area contributed by atoms with Crippen LogP contribution in [-0.2, 0) is 0 Å². The maximum absolute atomic E-state index is 2.61. The van der Waals surface area contributed by atoms with E-state index >= 15 is 0 Å². The van der Waals surface area contributed by atoms with Crippen LogP contribution in [0.2, 0.25) is 6.04 Å². The maximum Gasteiger partial charge on any atom is 0.253 e. The summed E-state index contributed by atoms with van der Waals surface area (Å²) in [6, 6.07) is 1.46. The predicted molar refractivity (Wildman–Crippen MR) is 67.5 cm³/mol. The van der Waals surface area contributed by atoms with Crippen molar-refractivity contribution in [1.82, 2.24) is 0 Å². The molecule has 0 saturated heterocycles. The number of hydrogen-bond acceptors (Lipinski definition) is 0. The highest BCUT2D eigenvalue weighted by atomic mass is 127. The summed E-state index contributed by atoms with van der Waals surface area (Å²) in [4.78, 5) is 0. The highest BCUT2D eigenvalue weighted by Gasteiger charge is 2.19. The lowest BCUT2D eigenvalue weighted by atomic mass is 10.4. The predicted octanol–water partition coefficient (Wildman–Crippen LogP) is 4.03. The van der Waals surface area contributed by atoms with Gasteiger partial charge in [-0.2, -0.15) is 0 Å². The van der Waals surface area contributed by atoms with Gasteiger partial charge in [0.2, 0.25) is 0 Å². The van der Waals surface area contributed by atoms with Crippen molar-refractivity contribution in [3.63, 3.8) is 0 Å². The maximum atomic E-state index is 2.61. The average molecular weight is 466 g/mol. The van der Waals surface area contributed by atoms with Crippen LogP contribution < -0.4 is 0 Å². The van der Waals surface area contributed by atoms with E-state index in [1.807, 2.05) is 0 Å². The molecule has 0 bridgehead atoms. The molecular formula is C4H9I3Si. The third-order valence-electron chi connectivity index (χ3n) is 0.814. The Morgan fingerprint density at radius 3 is 1.88 bits per heavy atom. The van der Waals surface area contributed by atoms with E-state index in [4.69, 9.17) is 0 Å². The zero-order valence-electron chi connectivity index (χ0n) is 4.76. The first kappa shape index (κ1) is 10.4. The van der Waals surface area contributed by atoms with Crippen LogP contribution in [0.1, 0.15) is 19.8 Å². The Labute approximate surface area is 90.2 Å². The van der Waals surface area contributed by atoms with Crippen LogP contribution in [0.5, 0.6) is 0 Å². The normalized spacial score (nSPS) is 12.0. The topological polar surface area (TPSA) is 0 Å². The summed E-state index contributed by atoms with van der Waals surface area (Å²) >= 11 is 7.84. The van der Waals surface area contributed by atoms with Crippen molar-refractivity contribution in [2.75, 3.05) is 0 Å². The van der Waals surface area contributed by atoms with Crippen LogP contribution in [0, 0.1) is 0 Å². The lowest BCUT2D eigenvalue weighted by Crippen LogP contribution is -2.03. The third kappa shape index (κ3) is 8.41. The van der Waals surface area contributed by atoms with Crippen LogP contribution >= 0.6 is 65.4 Å². The highest BCUT2D eigenvalue weighted by Crippen LogP contribution is 2.35. The molecule has 0 saturated carbocycles. The van der Waals surface area contributed by atoms with Crippen molar-refractivity contribution >= 4 is 66.0 Å². The van der Waals surface area contributed by atoms with Gasteiger partial charge in [-0.3, -0.25) is 0 Å². The fourth-order valence-corrected chi connectivity index (χ4v) is 4.56. The van der Waals surface area contributed by atoms with E-state index in [0.29, 0.717) is 0 Å². The SMILES string of the molecule is CCCC[Si](I)(I)I. The second-order valence-corrected chi connectivity index (χ2v) is 38.6. The van der Waals surface area contributed by atoms with E-state index in [1.165, 1.54) is 18.9 Å². The van der Waals surface area contributed by atoms with Gasteiger partial charge in [0.1, 0.15) is 0 Å². The minimum absolute atomic E-state index is 0.768. The van der Waals surface area contributed by atoms with Crippen LogP contribution in [0.15, 0.2) is 0 Å². The Balaban J connectivity index is 3.11. The first-order valence-electron chi connectivity index (χ1n) is 2.63. The Bertz CT molecular complexity index is 58.8. The number of unbranched alkanes of at least 4 members (excludes halogenated alkanes) is 1. The number of halogens is 3. The van der Waals surface area contributed by atoms with Gasteiger partial charge in [0.25, 0.3) is 0.564 Å². The third-order valence-corrected chi connectivity index (χ3v) is 6.59. The van der Waals surface area contributed by atoms with E-state index in [2.05, 4.69) is 72.3 Å². The fraction of sp³-hybridized carbons (Fsp3) is 1.00. The molecule has 0 aromatic heterocycles. The molecule has 0 aromatic carbocycles. The summed E-state index contributed by atoms with van der Waals surface area (Å²) in [5, 5.41) is 0. The van der Waals surface area contributed by atoms with Gasteiger partial charge >= 0.3 is 0 Å². The van der Waals surface area contributed by atoms with Gasteiger partial charge in [-0.1, -0.05) is 85.2 Å². The largest absolute Gasteiger partial charge is 0.253 e. The van der Waals surface area contributed by atoms with Crippen molar-refractivity contribution < 1.29 is 0 Å². The quantitative estimate of drug-likeness (QED) is 0.335. The second-order valence-electron chi connectivity index (χ2n) is 1.72. The molecule has 8 heavy (non-hydrogen) atoms. The molecule has 0 aliphatic carbocycles. The van der Waals surface area contributed by atoms with E-state index in [9.17, 15) is 0 Å². The minimum atomic E-state index is -0.768. The molecule has 0 atom stereocenters. The van der Waals surface area contributed by atoms with Crippen molar-refractivity contribution in [1.29, 1.82) is 0 Å². The zero-order chi connectivity index (χ0) is 6.62. The molecule has 0 fully saturated rings. The Morgan fingerprint density at radius 2 is 1.75 bits per heavy atom. The van der Waals surface area contributed by atoms with E-state index in [-0.39, 0.29) is 0 Å². The van der Waals surface area contributed by atoms with Gasteiger partial charge in [0, 0.05) is 0 Å². The zero-order valence-corrected chi connectivity index (χ0v) is 12.2. The van der Waals surface area contributed by atoms with Gasteiger partial charge in [0.15, 0.2) is 0 Å². The van der Waals surface area contributed by atoms with Crippen molar-refractivity contribution in [3.8, 4) is 0 Å². The van der Waals surface area contributed by atoms with Crippen molar-refractivity contribution in [2.45, 2.75) is 25.8 Å². The minimum Gasteiger partial charge on any atom is -0.0909 e. The molecule has 0 heterocycles. The molecule has 0 nitrogen and oxygen atoms in total. The van der Waals surface area contributed by atoms with Crippen LogP contribution in [0.4, 0.5) is 0 Å². The summed E-state index contributed by atoms with van der Waals surface area (Å²) in [5.74, 6) is 0. The Morgan fingerprint density at radius 1 is 1.25 bits per heavy atom. The molecule has 0 aliphatic rings. The van der Waals surface area contributed by atoms with Gasteiger partial charge in [-0.15, -0.1) is 0 Å². The van der Waals surface area contributed by atoms with Crippen molar-refractivity contribution in [2.24, 2.45) is 0 Å². The highest BCUT2D eigenvalue weighted by molar-refractivity contribution is 14.4. The fourth-order valence-electron chi connectivity index (χ4n) is 0.377. The first-order chi connectivity index (χ1) is 3.56. The van der Waals surface area contributed by atoms with Gasteiger partial charge < -0.3 is 0 Å². The molecule has 0 rings (SSSR count). The lowest BCUT2D eigenvalue weighted by Gasteiger charge is -2.06. The molecule has 0 aromatic rings. The van der Waals surface area contributed by atoms with E-state index in [0.717, 1.165) is 0 Å². The molecule has 4 heteroatoms. The monoisotopic (exact) mass is 466 g/mol. The molecule has 0 aliphatic heterocycles. The number of rotatable bonds is 3. The van der Waals surface area contributed by atoms with Crippen LogP contribution in [-0.4, -0.2) is 0.564 Å². The first-order valence-corrected chi connectivity index (χ1v) is 14.2. The van der Waals surface area contributed by atoms with Gasteiger partial charge in [-0.05, 0) is 6.04 Å². The summed E-state index contributed by atoms with van der Waals surface area (Å²) < 4.78 is -0.768. The smallest absolute Gasteiger partial charge is 0.0909 e. The lowest BCUT2D eigenvalue weighted by molar-refractivity contribution is 0.882.